The maximum Gasteiger partial charge on any atom is 0.229 e. The van der Waals surface area contributed by atoms with Gasteiger partial charge in [-0.2, -0.15) is 0 Å². The van der Waals surface area contributed by atoms with E-state index in [0.29, 0.717) is 18.5 Å². The minimum absolute atomic E-state index is 0.188. The van der Waals surface area contributed by atoms with Crippen LogP contribution in [0, 0.1) is 11.8 Å². The Hall–Kier alpha value is -1.47. The number of hydrogen-bond acceptors (Lipinski definition) is 3. The molecule has 3 aliphatic rings. The first kappa shape index (κ1) is 15.4. The molecule has 0 radical (unpaired) electrons. The van der Waals surface area contributed by atoms with Crippen LogP contribution in [0.4, 0.5) is 0 Å². The molecule has 1 aromatic heterocycles. The van der Waals surface area contributed by atoms with Crippen molar-refractivity contribution in [3.63, 3.8) is 0 Å². The van der Waals surface area contributed by atoms with Crippen LogP contribution in [-0.4, -0.2) is 46.1 Å². The van der Waals surface area contributed by atoms with Crippen LogP contribution in [0.1, 0.15) is 32.4 Å². The Kier molecular flexibility index (Phi) is 4.44. The smallest absolute Gasteiger partial charge is 0.229 e. The van der Waals surface area contributed by atoms with Gasteiger partial charge < -0.3 is 16.0 Å². The van der Waals surface area contributed by atoms with Crippen molar-refractivity contribution >= 4 is 5.91 Å². The Morgan fingerprint density at radius 3 is 3.00 bits per heavy atom. The van der Waals surface area contributed by atoms with Gasteiger partial charge in [-0.3, -0.25) is 4.79 Å². The third-order valence-corrected chi connectivity index (χ3v) is 5.07. The zero-order chi connectivity index (χ0) is 15.7. The Balaban J connectivity index is 1.61. The summed E-state index contributed by atoms with van der Waals surface area (Å²) in [5.74, 6) is 0.960. The molecule has 3 aliphatic heterocycles. The van der Waals surface area contributed by atoms with Gasteiger partial charge in [0.05, 0.1) is 31.7 Å². The Bertz CT molecular complexity index is 528. The van der Waals surface area contributed by atoms with Crippen LogP contribution < -0.4 is 16.0 Å². The highest BCUT2D eigenvalue weighted by Crippen LogP contribution is 2.27. The Morgan fingerprint density at radius 2 is 2.41 bits per heavy atom. The molecule has 2 bridgehead atoms. The number of nitrogens with zero attached hydrogens (tertiary/aromatic N) is 3. The summed E-state index contributed by atoms with van der Waals surface area (Å²) in [6.07, 6.45) is 4.29. The Labute approximate surface area is 131 Å². The van der Waals surface area contributed by atoms with E-state index < -0.39 is 0 Å². The van der Waals surface area contributed by atoms with Crippen LogP contribution in [0.2, 0.25) is 0 Å². The maximum absolute atomic E-state index is 12.3. The van der Waals surface area contributed by atoms with Crippen LogP contribution in [0.15, 0.2) is 6.20 Å². The second-order valence-electron chi connectivity index (χ2n) is 7.05. The normalized spacial score (nSPS) is 30.7. The Morgan fingerprint density at radius 1 is 1.59 bits per heavy atom. The van der Waals surface area contributed by atoms with E-state index in [1.807, 2.05) is 24.7 Å². The zero-order valence-corrected chi connectivity index (χ0v) is 13.6. The SMILES string of the molecule is CC(C)NC(=O)[C@H]1C[NH+]2CC[C@@H]1C[C@@H]2Cn1cc(C[NH3+])nn1. The van der Waals surface area contributed by atoms with E-state index in [2.05, 4.69) is 21.4 Å². The summed E-state index contributed by atoms with van der Waals surface area (Å²) in [5, 5.41) is 11.4. The fourth-order valence-electron chi connectivity index (χ4n) is 3.98. The number of hydrogen-bond donors (Lipinski definition) is 3. The second kappa shape index (κ2) is 6.34. The first-order chi connectivity index (χ1) is 10.6. The molecular formula is C15H28N6O+2. The number of fused-ring (bicyclic) bond motifs is 3. The van der Waals surface area contributed by atoms with E-state index in [4.69, 9.17) is 0 Å². The summed E-state index contributed by atoms with van der Waals surface area (Å²) < 4.78 is 1.95. The van der Waals surface area contributed by atoms with Gasteiger partial charge in [-0.15, -0.1) is 5.10 Å². The summed E-state index contributed by atoms with van der Waals surface area (Å²) in [5.41, 5.74) is 4.79. The predicted octanol–water partition coefficient (Wildman–Crippen LogP) is -2.16. The van der Waals surface area contributed by atoms with Gasteiger partial charge >= 0.3 is 0 Å². The first-order valence-electron chi connectivity index (χ1n) is 8.40. The minimum atomic E-state index is 0.188. The summed E-state index contributed by atoms with van der Waals surface area (Å²) in [6, 6.07) is 0.784. The summed E-state index contributed by atoms with van der Waals surface area (Å²) in [6.45, 7) is 7.78. The van der Waals surface area contributed by atoms with Gasteiger partial charge in [-0.25, -0.2) is 4.68 Å². The van der Waals surface area contributed by atoms with Crippen molar-refractivity contribution in [2.45, 2.75) is 51.9 Å². The van der Waals surface area contributed by atoms with Crippen LogP contribution in [0.25, 0.3) is 0 Å². The molecule has 0 spiro atoms. The van der Waals surface area contributed by atoms with Gasteiger partial charge in [0, 0.05) is 18.9 Å². The fourth-order valence-corrected chi connectivity index (χ4v) is 3.98. The molecule has 4 atom stereocenters. The average molecular weight is 308 g/mol. The number of nitrogens with one attached hydrogen (secondary N) is 2. The van der Waals surface area contributed by atoms with E-state index >= 15 is 0 Å². The molecule has 4 rings (SSSR count). The van der Waals surface area contributed by atoms with Crippen molar-refractivity contribution in [3.05, 3.63) is 11.9 Å². The van der Waals surface area contributed by atoms with E-state index in [9.17, 15) is 4.79 Å². The molecule has 4 heterocycles. The van der Waals surface area contributed by atoms with Crippen molar-refractivity contribution in [2.24, 2.45) is 11.8 Å². The molecule has 3 saturated heterocycles. The molecule has 0 aromatic carbocycles. The lowest BCUT2D eigenvalue weighted by Gasteiger charge is -2.46. The van der Waals surface area contributed by atoms with Crippen molar-refractivity contribution in [2.75, 3.05) is 13.1 Å². The van der Waals surface area contributed by atoms with Crippen LogP contribution in [0.5, 0.6) is 0 Å². The van der Waals surface area contributed by atoms with Crippen molar-refractivity contribution in [1.29, 1.82) is 0 Å². The van der Waals surface area contributed by atoms with Gasteiger partial charge in [0.15, 0.2) is 0 Å². The molecule has 22 heavy (non-hydrogen) atoms. The molecule has 3 fully saturated rings. The highest BCUT2D eigenvalue weighted by atomic mass is 16.2. The standard InChI is InChI=1S/C15H26N6O/c1-10(2)17-15(22)14-9-20-4-3-11(14)5-13(20)8-21-7-12(6-16)18-19-21/h7,10-11,13-14H,3-6,8-9,16H2,1-2H3,(H,17,22)/p+2/t11-,13-,14+/m1/s1. The van der Waals surface area contributed by atoms with E-state index in [1.54, 1.807) is 4.90 Å². The largest absolute Gasteiger partial charge is 0.353 e. The number of rotatable bonds is 5. The molecule has 1 amide bonds. The first-order valence-corrected chi connectivity index (χ1v) is 8.40. The summed E-state index contributed by atoms with van der Waals surface area (Å²) in [4.78, 5) is 13.9. The van der Waals surface area contributed by atoms with Gasteiger partial charge in [0.2, 0.25) is 5.91 Å². The van der Waals surface area contributed by atoms with Crippen LogP contribution in [0.3, 0.4) is 0 Å². The number of amides is 1. The van der Waals surface area contributed by atoms with Gasteiger partial charge in [0.1, 0.15) is 18.3 Å². The van der Waals surface area contributed by atoms with E-state index in [0.717, 1.165) is 25.2 Å². The lowest BCUT2D eigenvalue weighted by molar-refractivity contribution is -0.945. The van der Waals surface area contributed by atoms with Crippen LogP contribution >= 0.6 is 0 Å². The highest BCUT2D eigenvalue weighted by Gasteiger charge is 2.46. The average Bonchev–Trinajstić information content (AvgIpc) is 2.95. The number of aromatic nitrogens is 3. The monoisotopic (exact) mass is 308 g/mol. The molecule has 1 unspecified atom stereocenters. The third-order valence-electron chi connectivity index (χ3n) is 5.07. The maximum atomic E-state index is 12.3. The molecule has 0 saturated carbocycles. The van der Waals surface area contributed by atoms with Crippen LogP contribution in [-0.2, 0) is 17.9 Å². The number of carbonyl (C=O) groups excluding carboxylic acids is 1. The molecule has 7 nitrogen and oxygen atoms in total. The number of carbonyl (C=O) groups is 1. The molecule has 0 aliphatic carbocycles. The van der Waals surface area contributed by atoms with Gasteiger partial charge in [0.25, 0.3) is 0 Å². The second-order valence-corrected chi connectivity index (χ2v) is 7.05. The lowest BCUT2D eigenvalue weighted by Crippen LogP contribution is -3.20. The van der Waals surface area contributed by atoms with E-state index in [1.165, 1.54) is 13.0 Å². The van der Waals surface area contributed by atoms with Crippen molar-refractivity contribution < 1.29 is 15.4 Å². The highest BCUT2D eigenvalue weighted by molar-refractivity contribution is 5.79. The van der Waals surface area contributed by atoms with Gasteiger partial charge in [-0.05, 0) is 19.8 Å². The number of piperidine rings is 3. The third kappa shape index (κ3) is 3.15. The fraction of sp³-hybridized carbons (Fsp3) is 0.800. The minimum Gasteiger partial charge on any atom is -0.353 e. The zero-order valence-electron chi connectivity index (χ0n) is 13.6. The summed E-state index contributed by atoms with van der Waals surface area (Å²) >= 11 is 0. The van der Waals surface area contributed by atoms with Crippen molar-refractivity contribution in [1.82, 2.24) is 20.3 Å². The molecule has 5 N–H and O–H groups in total. The quantitative estimate of drug-likeness (QED) is 0.578. The topological polar surface area (TPSA) is 91.9 Å². The molecule has 122 valence electrons. The molecule has 7 heteroatoms. The summed E-state index contributed by atoms with van der Waals surface area (Å²) in [7, 11) is 0. The number of quaternary nitrogens is 2. The van der Waals surface area contributed by atoms with Gasteiger partial charge in [-0.1, -0.05) is 5.21 Å². The lowest BCUT2D eigenvalue weighted by atomic mass is 9.75. The molecule has 1 aromatic rings. The van der Waals surface area contributed by atoms with E-state index in [-0.39, 0.29) is 17.9 Å². The molecular weight excluding hydrogens is 280 g/mol. The van der Waals surface area contributed by atoms with Crippen molar-refractivity contribution in [3.8, 4) is 0 Å². The predicted molar refractivity (Wildman–Crippen MR) is 80.6 cm³/mol.